The summed E-state index contributed by atoms with van der Waals surface area (Å²) >= 11 is 0. The molecule has 0 aromatic carbocycles. The maximum atomic E-state index is 12.4. The summed E-state index contributed by atoms with van der Waals surface area (Å²) in [4.78, 5) is 12.4. The van der Waals surface area contributed by atoms with E-state index in [0.717, 1.165) is 12.8 Å². The van der Waals surface area contributed by atoms with Gasteiger partial charge in [-0.15, -0.1) is 10.2 Å². The van der Waals surface area contributed by atoms with Gasteiger partial charge in [0.2, 0.25) is 11.7 Å². The van der Waals surface area contributed by atoms with E-state index in [4.69, 9.17) is 10.3 Å². The van der Waals surface area contributed by atoms with Crippen LogP contribution < -0.4 is 11.3 Å². The Morgan fingerprint density at radius 1 is 1.39 bits per heavy atom. The van der Waals surface area contributed by atoms with E-state index in [1.165, 1.54) is 4.57 Å². The summed E-state index contributed by atoms with van der Waals surface area (Å²) in [5, 5.41) is 22.1. The lowest BCUT2D eigenvalue weighted by Crippen LogP contribution is -2.26. The lowest BCUT2D eigenvalue weighted by molar-refractivity contribution is 0.397. The van der Waals surface area contributed by atoms with Gasteiger partial charge in [-0.05, 0) is 25.8 Å². The fourth-order valence-corrected chi connectivity index (χ4v) is 2.24. The van der Waals surface area contributed by atoms with Crippen molar-refractivity contribution in [3.63, 3.8) is 0 Å². The van der Waals surface area contributed by atoms with E-state index in [9.17, 15) is 9.90 Å². The second-order valence-corrected chi connectivity index (χ2v) is 5.29. The van der Waals surface area contributed by atoms with E-state index >= 15 is 0 Å². The molecule has 0 atom stereocenters. The Morgan fingerprint density at radius 3 is 2.70 bits per heavy atom. The quantitative estimate of drug-likeness (QED) is 0.793. The number of rotatable bonds is 6. The summed E-state index contributed by atoms with van der Waals surface area (Å²) < 4.78 is 6.21. The van der Waals surface area contributed by atoms with Crippen LogP contribution in [-0.4, -0.2) is 14.8 Å². The predicted octanol–water partition coefficient (Wildman–Crippen LogP) is 2.83. The number of hydrogen-bond acceptors (Lipinski definition) is 7. The van der Waals surface area contributed by atoms with Crippen LogP contribution in [0.5, 0.6) is 5.88 Å². The highest BCUT2D eigenvalue weighted by atomic mass is 16.5. The molecule has 0 unspecified atom stereocenters. The highest BCUT2D eigenvalue weighted by Crippen LogP contribution is 2.32. The third-order valence-electron chi connectivity index (χ3n) is 3.59. The van der Waals surface area contributed by atoms with Gasteiger partial charge < -0.3 is 15.4 Å². The monoisotopic (exact) mass is 319 g/mol. The van der Waals surface area contributed by atoms with Crippen molar-refractivity contribution in [2.24, 2.45) is 16.0 Å². The molecular weight excluding hydrogens is 298 g/mol. The van der Waals surface area contributed by atoms with Crippen molar-refractivity contribution >= 4 is 11.5 Å². The van der Waals surface area contributed by atoms with Crippen LogP contribution in [0.1, 0.15) is 36.7 Å². The second kappa shape index (κ2) is 7.19. The number of nitrogens with two attached hydrogens (primary N) is 1. The SMILES string of the molecule is CCCCn1c(O)c(/N=N/c2cc(C)on2)c(C)c(CN)c1=O. The summed E-state index contributed by atoms with van der Waals surface area (Å²) in [5.74, 6) is 0.694. The lowest BCUT2D eigenvalue weighted by Gasteiger charge is -2.14. The summed E-state index contributed by atoms with van der Waals surface area (Å²) in [5.41, 5.74) is 6.56. The fraction of sp³-hybridized carbons (Fsp3) is 0.467. The van der Waals surface area contributed by atoms with Gasteiger partial charge in [0.05, 0.1) is 0 Å². The average molecular weight is 319 g/mol. The van der Waals surface area contributed by atoms with Crippen LogP contribution in [0.3, 0.4) is 0 Å². The highest BCUT2D eigenvalue weighted by molar-refractivity contribution is 5.56. The zero-order chi connectivity index (χ0) is 17.0. The first-order valence-corrected chi connectivity index (χ1v) is 7.49. The summed E-state index contributed by atoms with van der Waals surface area (Å²) in [6, 6.07) is 1.62. The Hall–Kier alpha value is -2.48. The van der Waals surface area contributed by atoms with Crippen molar-refractivity contribution in [1.29, 1.82) is 0 Å². The van der Waals surface area contributed by atoms with Gasteiger partial charge in [-0.25, -0.2) is 0 Å². The minimum absolute atomic E-state index is 0.0721. The minimum atomic E-state index is -0.285. The number of aromatic nitrogens is 2. The molecule has 8 heteroatoms. The molecule has 0 amide bonds. The van der Waals surface area contributed by atoms with Gasteiger partial charge in [0.15, 0.2) is 0 Å². The third-order valence-corrected chi connectivity index (χ3v) is 3.59. The zero-order valence-corrected chi connectivity index (χ0v) is 13.5. The van der Waals surface area contributed by atoms with Gasteiger partial charge in [0.25, 0.3) is 5.56 Å². The number of aryl methyl sites for hydroxylation is 1. The van der Waals surface area contributed by atoms with E-state index < -0.39 is 0 Å². The van der Waals surface area contributed by atoms with Crippen molar-refractivity contribution in [1.82, 2.24) is 9.72 Å². The van der Waals surface area contributed by atoms with Gasteiger partial charge in [0, 0.05) is 24.7 Å². The predicted molar refractivity (Wildman–Crippen MR) is 85.3 cm³/mol. The standard InChI is InChI=1S/C15H21N5O3/c1-4-5-6-20-14(21)11(8-16)10(3)13(15(20)22)18-17-12-7-9(2)23-19-12/h7,22H,4-6,8,16H2,1-3H3/b18-17+. The summed E-state index contributed by atoms with van der Waals surface area (Å²) in [7, 11) is 0. The van der Waals surface area contributed by atoms with Crippen LogP contribution in [0.2, 0.25) is 0 Å². The number of aromatic hydroxyl groups is 1. The number of unbranched alkanes of at least 4 members (excludes halogenated alkanes) is 1. The molecule has 3 N–H and O–H groups in total. The molecule has 0 aliphatic rings. The van der Waals surface area contributed by atoms with Crippen LogP contribution in [-0.2, 0) is 13.1 Å². The van der Waals surface area contributed by atoms with Gasteiger partial charge in [-0.3, -0.25) is 9.36 Å². The zero-order valence-electron chi connectivity index (χ0n) is 13.5. The summed E-state index contributed by atoms with van der Waals surface area (Å²) in [6.45, 7) is 5.92. The molecule has 2 aromatic heterocycles. The largest absolute Gasteiger partial charge is 0.493 e. The van der Waals surface area contributed by atoms with E-state index in [-0.39, 0.29) is 23.7 Å². The lowest BCUT2D eigenvalue weighted by atomic mass is 10.1. The molecule has 23 heavy (non-hydrogen) atoms. The van der Waals surface area contributed by atoms with Crippen LogP contribution in [0, 0.1) is 13.8 Å². The second-order valence-electron chi connectivity index (χ2n) is 5.29. The fourth-order valence-electron chi connectivity index (χ4n) is 2.24. The van der Waals surface area contributed by atoms with Crippen LogP contribution in [0.4, 0.5) is 11.5 Å². The van der Waals surface area contributed by atoms with Crippen molar-refractivity contribution in [2.45, 2.75) is 46.7 Å². The van der Waals surface area contributed by atoms with E-state index in [0.29, 0.717) is 29.2 Å². The molecule has 0 fully saturated rings. The molecule has 0 spiro atoms. The maximum absolute atomic E-state index is 12.4. The Morgan fingerprint density at radius 2 is 2.13 bits per heavy atom. The molecule has 0 aliphatic carbocycles. The van der Waals surface area contributed by atoms with Gasteiger partial charge in [-0.2, -0.15) is 0 Å². The van der Waals surface area contributed by atoms with Gasteiger partial charge in [0.1, 0.15) is 11.4 Å². The molecule has 124 valence electrons. The third kappa shape index (κ3) is 3.48. The topological polar surface area (TPSA) is 119 Å². The van der Waals surface area contributed by atoms with Gasteiger partial charge in [-0.1, -0.05) is 18.5 Å². The first-order chi connectivity index (χ1) is 11.0. The molecular formula is C15H21N5O3. The van der Waals surface area contributed by atoms with Crippen LogP contribution in [0.25, 0.3) is 0 Å². The molecule has 0 saturated carbocycles. The van der Waals surface area contributed by atoms with Crippen molar-refractivity contribution in [3.8, 4) is 5.88 Å². The van der Waals surface area contributed by atoms with Crippen LogP contribution in [0.15, 0.2) is 25.6 Å². The maximum Gasteiger partial charge on any atom is 0.258 e. The number of pyridine rings is 1. The van der Waals surface area contributed by atoms with E-state index in [2.05, 4.69) is 15.4 Å². The Kier molecular flexibility index (Phi) is 5.28. The molecule has 2 heterocycles. The normalized spacial score (nSPS) is 11.5. The van der Waals surface area contributed by atoms with E-state index in [1.807, 2.05) is 6.92 Å². The molecule has 0 saturated heterocycles. The van der Waals surface area contributed by atoms with E-state index in [1.54, 1.807) is 19.9 Å². The number of nitrogens with zero attached hydrogens (tertiary/aromatic N) is 4. The average Bonchev–Trinajstić information content (AvgIpc) is 2.93. The first kappa shape index (κ1) is 16.9. The molecule has 2 aromatic rings. The number of azo groups is 1. The van der Waals surface area contributed by atoms with Gasteiger partial charge >= 0.3 is 0 Å². The molecule has 0 radical (unpaired) electrons. The highest BCUT2D eigenvalue weighted by Gasteiger charge is 2.18. The Balaban J connectivity index is 2.53. The molecule has 0 bridgehead atoms. The molecule has 8 nitrogen and oxygen atoms in total. The van der Waals surface area contributed by atoms with Crippen molar-refractivity contribution in [3.05, 3.63) is 33.3 Å². The number of hydrogen-bond donors (Lipinski definition) is 2. The molecule has 2 rings (SSSR count). The van der Waals surface area contributed by atoms with Crippen molar-refractivity contribution in [2.75, 3.05) is 0 Å². The summed E-state index contributed by atoms with van der Waals surface area (Å²) in [6.07, 6.45) is 1.66. The smallest absolute Gasteiger partial charge is 0.258 e. The van der Waals surface area contributed by atoms with Crippen molar-refractivity contribution < 1.29 is 9.63 Å². The molecule has 0 aliphatic heterocycles. The minimum Gasteiger partial charge on any atom is -0.493 e. The first-order valence-electron chi connectivity index (χ1n) is 7.49. The Labute approximate surface area is 133 Å². The van der Waals surface area contributed by atoms with Crippen LogP contribution >= 0.6 is 0 Å². The Bertz CT molecular complexity index is 776.